The Kier molecular flexibility index (Phi) is 21.6. The van der Waals surface area contributed by atoms with Crippen molar-refractivity contribution >= 4 is 35.5 Å². The third-order valence-corrected chi connectivity index (χ3v) is 5.69. The van der Waals surface area contributed by atoms with Crippen LogP contribution < -0.4 is 5.32 Å². The van der Waals surface area contributed by atoms with Gasteiger partial charge in [0.15, 0.2) is 0 Å². The molecule has 0 aliphatic heterocycles. The van der Waals surface area contributed by atoms with Gasteiger partial charge in [-0.2, -0.15) is 0 Å². The van der Waals surface area contributed by atoms with Gasteiger partial charge >= 0.3 is 35.5 Å². The first-order valence-corrected chi connectivity index (χ1v) is 12.2. The first kappa shape index (κ1) is 29.6. The van der Waals surface area contributed by atoms with Crippen LogP contribution in [-0.4, -0.2) is 63.2 Å². The molecule has 1 aromatic rings. The molecule has 0 radical (unpaired) electrons. The molecule has 1 unspecified atom stereocenters. The van der Waals surface area contributed by atoms with Crippen LogP contribution >= 0.6 is 0 Å². The van der Waals surface area contributed by atoms with E-state index in [9.17, 15) is 9.90 Å². The number of aliphatic carboxylic acids is 1. The van der Waals surface area contributed by atoms with Crippen molar-refractivity contribution in [1.29, 1.82) is 0 Å². The number of carboxylic acids is 1. The van der Waals surface area contributed by atoms with Crippen LogP contribution in [0.4, 0.5) is 0 Å². The van der Waals surface area contributed by atoms with Crippen LogP contribution in [0.1, 0.15) is 115 Å². The number of hydrogen-bond acceptors (Lipinski definition) is 3. The van der Waals surface area contributed by atoms with Gasteiger partial charge in [-0.25, -0.2) is 4.98 Å². The van der Waals surface area contributed by atoms with Crippen LogP contribution in [0.2, 0.25) is 0 Å². The second-order valence-corrected chi connectivity index (χ2v) is 8.41. The Morgan fingerprint density at radius 2 is 1.37 bits per heavy atom. The summed E-state index contributed by atoms with van der Waals surface area (Å²) in [6.07, 6.45) is 25.4. The molecule has 0 aliphatic rings. The van der Waals surface area contributed by atoms with E-state index in [1.54, 1.807) is 12.5 Å². The molecule has 1 atom stereocenters. The molecule has 3 N–H and O–H groups in total. The molecule has 5 nitrogen and oxygen atoms in total. The van der Waals surface area contributed by atoms with Crippen molar-refractivity contribution in [2.45, 2.75) is 122 Å². The number of nitrogens with one attached hydrogen (secondary N) is 2. The maximum atomic E-state index is 11.3. The monoisotopic (exact) mass is 431 g/mol. The van der Waals surface area contributed by atoms with Crippen LogP contribution in [-0.2, 0) is 11.2 Å². The molecule has 1 rings (SSSR count). The molecule has 0 aromatic carbocycles. The fourth-order valence-corrected chi connectivity index (χ4v) is 3.81. The van der Waals surface area contributed by atoms with Crippen LogP contribution in [0.3, 0.4) is 0 Å². The second-order valence-electron chi connectivity index (χ2n) is 8.41. The summed E-state index contributed by atoms with van der Waals surface area (Å²) in [6, 6.07) is -0.547. The van der Waals surface area contributed by atoms with Crippen molar-refractivity contribution in [2.24, 2.45) is 0 Å². The number of imidazole rings is 1. The van der Waals surface area contributed by atoms with Gasteiger partial charge in [0.05, 0.1) is 12.0 Å². The van der Waals surface area contributed by atoms with Crippen molar-refractivity contribution in [3.05, 3.63) is 18.2 Å². The van der Waals surface area contributed by atoms with Crippen LogP contribution in [0.15, 0.2) is 12.5 Å². The summed E-state index contributed by atoms with van der Waals surface area (Å²) in [6.45, 7) is 3.04. The minimum absolute atomic E-state index is 0. The van der Waals surface area contributed by atoms with Gasteiger partial charge in [0.1, 0.15) is 6.04 Å². The van der Waals surface area contributed by atoms with E-state index in [0.29, 0.717) is 6.42 Å². The number of hydrogen-bond donors (Lipinski definition) is 3. The summed E-state index contributed by atoms with van der Waals surface area (Å²) in [5, 5.41) is 12.5. The predicted molar refractivity (Wildman–Crippen MR) is 128 cm³/mol. The predicted octanol–water partition coefficient (Wildman–Crippen LogP) is 5.61. The quantitative estimate of drug-likeness (QED) is 0.175. The first-order valence-electron chi connectivity index (χ1n) is 12.2. The normalized spacial score (nSPS) is 11.9. The number of nitrogens with zero attached hydrogens (tertiary/aromatic N) is 1. The first-order chi connectivity index (χ1) is 14.2. The SMILES string of the molecule is CCCCCCCCCCCCCCCCCCNC(Cc1c[nH]cn1)C(=O)O.[NaH]. The van der Waals surface area contributed by atoms with E-state index in [1.807, 2.05) is 0 Å². The van der Waals surface area contributed by atoms with E-state index < -0.39 is 12.0 Å². The summed E-state index contributed by atoms with van der Waals surface area (Å²) in [4.78, 5) is 18.3. The average molecular weight is 432 g/mol. The summed E-state index contributed by atoms with van der Waals surface area (Å²) >= 11 is 0. The van der Waals surface area contributed by atoms with E-state index in [0.717, 1.165) is 18.7 Å². The fourth-order valence-electron chi connectivity index (χ4n) is 3.81. The molecule has 0 amide bonds. The van der Waals surface area contributed by atoms with Gasteiger partial charge in [-0.15, -0.1) is 0 Å². The Morgan fingerprint density at radius 1 is 0.900 bits per heavy atom. The zero-order chi connectivity index (χ0) is 21.0. The van der Waals surface area contributed by atoms with Crippen molar-refractivity contribution in [1.82, 2.24) is 15.3 Å². The van der Waals surface area contributed by atoms with E-state index in [-0.39, 0.29) is 29.6 Å². The summed E-state index contributed by atoms with van der Waals surface area (Å²) in [7, 11) is 0. The third kappa shape index (κ3) is 17.3. The van der Waals surface area contributed by atoms with Crippen molar-refractivity contribution in [2.75, 3.05) is 6.54 Å². The van der Waals surface area contributed by atoms with E-state index in [2.05, 4.69) is 22.2 Å². The molecule has 30 heavy (non-hydrogen) atoms. The molecule has 0 bridgehead atoms. The van der Waals surface area contributed by atoms with Gasteiger partial charge in [0.2, 0.25) is 0 Å². The van der Waals surface area contributed by atoms with Crippen LogP contribution in [0.5, 0.6) is 0 Å². The number of aromatic amines is 1. The molecular formula is C24H46N3NaO2. The number of aromatic nitrogens is 2. The molecule has 6 heteroatoms. The van der Waals surface area contributed by atoms with Crippen LogP contribution in [0, 0.1) is 0 Å². The number of rotatable bonds is 21. The minimum atomic E-state index is -0.801. The summed E-state index contributed by atoms with van der Waals surface area (Å²) in [5.41, 5.74) is 0.789. The number of unbranched alkanes of at least 4 members (excludes halogenated alkanes) is 15. The van der Waals surface area contributed by atoms with Crippen molar-refractivity contribution in [3.8, 4) is 0 Å². The molecule has 0 spiro atoms. The van der Waals surface area contributed by atoms with E-state index in [4.69, 9.17) is 0 Å². The van der Waals surface area contributed by atoms with Gasteiger partial charge in [-0.3, -0.25) is 4.79 Å². The van der Waals surface area contributed by atoms with E-state index >= 15 is 0 Å². The zero-order valence-corrected chi connectivity index (χ0v) is 18.8. The molecule has 170 valence electrons. The van der Waals surface area contributed by atoms with Crippen LogP contribution in [0.25, 0.3) is 0 Å². The molecule has 0 saturated carbocycles. The molecule has 1 aromatic heterocycles. The Labute approximate surface area is 206 Å². The van der Waals surface area contributed by atoms with Gasteiger partial charge < -0.3 is 15.4 Å². The fraction of sp³-hybridized carbons (Fsp3) is 0.833. The second kappa shape index (κ2) is 21.9. The molecule has 0 fully saturated rings. The molecule has 0 saturated heterocycles. The standard InChI is InChI=1S/C24H45N3O2.Na.H/c1-2-3-4-5-6-7-8-9-10-11-12-13-14-15-16-17-18-26-23(24(28)29)19-22-20-25-21-27-22;;/h20-21,23,26H,2-19H2,1H3,(H,25,27)(H,28,29);;. The Hall–Kier alpha value is -0.360. The molecule has 1 heterocycles. The van der Waals surface area contributed by atoms with Crippen molar-refractivity contribution in [3.63, 3.8) is 0 Å². The molecular weight excluding hydrogens is 385 g/mol. The average Bonchev–Trinajstić information content (AvgIpc) is 3.22. The van der Waals surface area contributed by atoms with Gasteiger partial charge in [-0.05, 0) is 13.0 Å². The van der Waals surface area contributed by atoms with Gasteiger partial charge in [0, 0.05) is 12.6 Å². The van der Waals surface area contributed by atoms with Crippen molar-refractivity contribution < 1.29 is 9.90 Å². The Bertz CT molecular complexity index is 483. The number of carboxylic acid groups (broad SMARTS) is 1. The Morgan fingerprint density at radius 3 is 1.77 bits per heavy atom. The molecule has 0 aliphatic carbocycles. The van der Waals surface area contributed by atoms with E-state index in [1.165, 1.54) is 96.3 Å². The topological polar surface area (TPSA) is 78.0 Å². The summed E-state index contributed by atoms with van der Waals surface area (Å²) < 4.78 is 0. The Balaban J connectivity index is 0.00000841. The number of carbonyl (C=O) groups is 1. The van der Waals surface area contributed by atoms with Gasteiger partial charge in [0.25, 0.3) is 0 Å². The summed E-state index contributed by atoms with van der Waals surface area (Å²) in [5.74, 6) is -0.801. The zero-order valence-electron chi connectivity index (χ0n) is 18.8. The van der Waals surface area contributed by atoms with Gasteiger partial charge in [-0.1, -0.05) is 103 Å². The maximum absolute atomic E-state index is 11.3. The number of H-pyrrole nitrogens is 1. The third-order valence-electron chi connectivity index (χ3n) is 5.69.